The Morgan fingerprint density at radius 3 is 2.69 bits per heavy atom. The topological polar surface area (TPSA) is 55.8 Å². The van der Waals surface area contributed by atoms with Crippen molar-refractivity contribution < 1.29 is 19.4 Å². The van der Waals surface area contributed by atoms with Crippen LogP contribution in [0.5, 0.6) is 5.75 Å². The fourth-order valence-electron chi connectivity index (χ4n) is 1.29. The molecule has 0 aliphatic carbocycles. The van der Waals surface area contributed by atoms with Crippen molar-refractivity contribution in [2.75, 3.05) is 13.7 Å². The molecule has 0 aromatic heterocycles. The summed E-state index contributed by atoms with van der Waals surface area (Å²) < 4.78 is 10.6. The molecule has 0 aliphatic heterocycles. The van der Waals surface area contributed by atoms with Crippen LogP contribution in [0.4, 0.5) is 0 Å². The molecular formula is C11H13BrO4. The zero-order valence-corrected chi connectivity index (χ0v) is 10.7. The zero-order chi connectivity index (χ0) is 12.1. The van der Waals surface area contributed by atoms with E-state index in [-0.39, 0.29) is 6.61 Å². The third-order valence-corrected chi connectivity index (χ3v) is 2.57. The zero-order valence-electron chi connectivity index (χ0n) is 9.12. The molecule has 0 bridgehead atoms. The first-order chi connectivity index (χ1) is 7.63. The van der Waals surface area contributed by atoms with Crippen molar-refractivity contribution in [3.8, 4) is 5.75 Å². The maximum Gasteiger partial charge on any atom is 0.341 e. The molecule has 1 aromatic carbocycles. The third kappa shape index (κ3) is 2.74. The Labute approximate surface area is 102 Å². The maximum atomic E-state index is 11.5. The number of benzene rings is 1. The Morgan fingerprint density at radius 2 is 2.19 bits per heavy atom. The number of halogens is 1. The predicted octanol–water partition coefficient (Wildman–Crippen LogP) is 2.13. The van der Waals surface area contributed by atoms with Gasteiger partial charge in [0, 0.05) is 0 Å². The molecule has 0 fully saturated rings. The van der Waals surface area contributed by atoms with Crippen LogP contribution < -0.4 is 4.74 Å². The fourth-order valence-corrected chi connectivity index (χ4v) is 1.92. The lowest BCUT2D eigenvalue weighted by Gasteiger charge is -2.12. The number of aliphatic hydroxyl groups excluding tert-OH is 1. The molecule has 0 atom stereocenters. The molecule has 1 rings (SSSR count). The summed E-state index contributed by atoms with van der Waals surface area (Å²) in [6, 6.07) is 3.26. The monoisotopic (exact) mass is 288 g/mol. The third-order valence-electron chi connectivity index (χ3n) is 1.98. The molecule has 0 saturated heterocycles. The van der Waals surface area contributed by atoms with Gasteiger partial charge in [-0.3, -0.25) is 0 Å². The van der Waals surface area contributed by atoms with Crippen LogP contribution in [-0.2, 0) is 11.3 Å². The van der Waals surface area contributed by atoms with Crippen LogP contribution in [0.3, 0.4) is 0 Å². The van der Waals surface area contributed by atoms with Crippen LogP contribution in [0.25, 0.3) is 0 Å². The molecule has 0 aliphatic rings. The van der Waals surface area contributed by atoms with Crippen LogP contribution in [0.1, 0.15) is 22.8 Å². The number of ether oxygens (including phenoxy) is 2. The molecule has 1 aromatic rings. The van der Waals surface area contributed by atoms with Crippen molar-refractivity contribution >= 4 is 21.9 Å². The summed E-state index contributed by atoms with van der Waals surface area (Å²) in [7, 11) is 1.30. The highest BCUT2D eigenvalue weighted by Crippen LogP contribution is 2.31. The van der Waals surface area contributed by atoms with Gasteiger partial charge in [-0.2, -0.15) is 0 Å². The van der Waals surface area contributed by atoms with Crippen molar-refractivity contribution in [2.45, 2.75) is 13.5 Å². The Hall–Kier alpha value is -1.07. The molecule has 0 heterocycles. The van der Waals surface area contributed by atoms with Crippen molar-refractivity contribution in [1.82, 2.24) is 0 Å². The number of rotatable bonds is 4. The van der Waals surface area contributed by atoms with E-state index in [4.69, 9.17) is 9.84 Å². The van der Waals surface area contributed by atoms with Gasteiger partial charge in [0.15, 0.2) is 0 Å². The summed E-state index contributed by atoms with van der Waals surface area (Å²) >= 11 is 3.29. The van der Waals surface area contributed by atoms with E-state index in [9.17, 15) is 4.79 Å². The fraction of sp³-hybridized carbons (Fsp3) is 0.364. The molecule has 0 saturated carbocycles. The number of hydrogen-bond donors (Lipinski definition) is 1. The van der Waals surface area contributed by atoms with E-state index >= 15 is 0 Å². The Balaban J connectivity index is 3.28. The molecular weight excluding hydrogens is 276 g/mol. The first-order valence-electron chi connectivity index (χ1n) is 4.78. The summed E-state index contributed by atoms with van der Waals surface area (Å²) in [6.07, 6.45) is 0. The number of methoxy groups -OCH3 is 1. The van der Waals surface area contributed by atoms with Gasteiger partial charge in [-0.1, -0.05) is 0 Å². The summed E-state index contributed by atoms with van der Waals surface area (Å²) in [5.41, 5.74) is 0.929. The van der Waals surface area contributed by atoms with Crippen molar-refractivity contribution in [3.05, 3.63) is 27.7 Å². The number of carbonyl (C=O) groups excluding carboxylic acids is 1. The largest absolute Gasteiger partial charge is 0.492 e. The molecule has 4 nitrogen and oxygen atoms in total. The van der Waals surface area contributed by atoms with Gasteiger partial charge in [-0.05, 0) is 40.5 Å². The van der Waals surface area contributed by atoms with Crippen molar-refractivity contribution in [3.63, 3.8) is 0 Å². The highest BCUT2D eigenvalue weighted by atomic mass is 79.9. The van der Waals surface area contributed by atoms with Gasteiger partial charge >= 0.3 is 5.97 Å². The minimum absolute atomic E-state index is 0.144. The summed E-state index contributed by atoms with van der Waals surface area (Å²) in [5, 5.41) is 9.05. The SMILES string of the molecule is CCOc1c(Br)cc(CO)cc1C(=O)OC. The summed E-state index contributed by atoms with van der Waals surface area (Å²) in [4.78, 5) is 11.5. The van der Waals surface area contributed by atoms with E-state index in [1.54, 1.807) is 12.1 Å². The quantitative estimate of drug-likeness (QED) is 0.863. The van der Waals surface area contributed by atoms with Gasteiger partial charge < -0.3 is 14.6 Å². The lowest BCUT2D eigenvalue weighted by molar-refractivity contribution is 0.0596. The average Bonchev–Trinajstić information content (AvgIpc) is 2.30. The van der Waals surface area contributed by atoms with Crippen LogP contribution in [0, 0.1) is 0 Å². The van der Waals surface area contributed by atoms with Crippen molar-refractivity contribution in [2.24, 2.45) is 0 Å². The van der Waals surface area contributed by atoms with Crippen LogP contribution in [0.15, 0.2) is 16.6 Å². The normalized spacial score (nSPS) is 10.0. The second-order valence-electron chi connectivity index (χ2n) is 3.04. The lowest BCUT2D eigenvalue weighted by Crippen LogP contribution is -2.07. The van der Waals surface area contributed by atoms with E-state index < -0.39 is 5.97 Å². The maximum absolute atomic E-state index is 11.5. The van der Waals surface area contributed by atoms with Gasteiger partial charge in [0.2, 0.25) is 0 Å². The van der Waals surface area contributed by atoms with E-state index in [0.717, 1.165) is 0 Å². The van der Waals surface area contributed by atoms with Gasteiger partial charge in [0.1, 0.15) is 11.3 Å². The highest BCUT2D eigenvalue weighted by molar-refractivity contribution is 9.10. The van der Waals surface area contributed by atoms with Gasteiger partial charge in [-0.25, -0.2) is 4.79 Å². The van der Waals surface area contributed by atoms with E-state index in [1.807, 2.05) is 6.92 Å². The Bertz CT molecular complexity index is 390. The minimum atomic E-state index is -0.487. The molecule has 16 heavy (non-hydrogen) atoms. The smallest absolute Gasteiger partial charge is 0.341 e. The summed E-state index contributed by atoms with van der Waals surface area (Å²) in [5.74, 6) is -0.0500. The lowest BCUT2D eigenvalue weighted by atomic mass is 10.1. The van der Waals surface area contributed by atoms with Gasteiger partial charge in [-0.15, -0.1) is 0 Å². The van der Waals surface area contributed by atoms with Gasteiger partial charge in [0.05, 0.1) is 24.8 Å². The molecule has 0 amide bonds. The highest BCUT2D eigenvalue weighted by Gasteiger charge is 2.17. The van der Waals surface area contributed by atoms with E-state index in [0.29, 0.717) is 28.0 Å². The van der Waals surface area contributed by atoms with Crippen LogP contribution >= 0.6 is 15.9 Å². The molecule has 5 heteroatoms. The number of hydrogen-bond acceptors (Lipinski definition) is 4. The standard InChI is InChI=1S/C11H13BrO4/c1-3-16-10-8(11(14)15-2)4-7(6-13)5-9(10)12/h4-5,13H,3,6H2,1-2H3. The van der Waals surface area contributed by atoms with Gasteiger partial charge in [0.25, 0.3) is 0 Å². The Kier molecular flexibility index (Phi) is 4.76. The average molecular weight is 289 g/mol. The number of esters is 1. The Morgan fingerprint density at radius 1 is 1.50 bits per heavy atom. The van der Waals surface area contributed by atoms with Crippen LogP contribution in [-0.4, -0.2) is 24.8 Å². The number of carbonyl (C=O) groups is 1. The summed E-state index contributed by atoms with van der Waals surface area (Å²) in [6.45, 7) is 2.13. The predicted molar refractivity (Wildman–Crippen MR) is 62.6 cm³/mol. The van der Waals surface area contributed by atoms with E-state index in [2.05, 4.69) is 20.7 Å². The number of aliphatic hydroxyl groups is 1. The first-order valence-corrected chi connectivity index (χ1v) is 5.57. The molecule has 0 radical (unpaired) electrons. The minimum Gasteiger partial charge on any atom is -0.492 e. The molecule has 1 N–H and O–H groups in total. The second-order valence-corrected chi connectivity index (χ2v) is 3.89. The molecule has 0 unspecified atom stereocenters. The molecule has 88 valence electrons. The van der Waals surface area contributed by atoms with E-state index in [1.165, 1.54) is 7.11 Å². The van der Waals surface area contributed by atoms with Crippen LogP contribution in [0.2, 0.25) is 0 Å². The first kappa shape index (κ1) is 13.0. The molecule has 0 spiro atoms. The van der Waals surface area contributed by atoms with Crippen molar-refractivity contribution in [1.29, 1.82) is 0 Å². The second kappa shape index (κ2) is 5.86.